The zero-order chi connectivity index (χ0) is 78.9. The summed E-state index contributed by atoms with van der Waals surface area (Å²) in [7, 11) is -10.0. The van der Waals surface area contributed by atoms with Gasteiger partial charge in [-0.1, -0.05) is 281 Å². The molecule has 0 rings (SSSR count). The molecule has 0 saturated heterocycles. The second-order valence-corrected chi connectivity index (χ2v) is 29.4. The Morgan fingerprint density at radius 1 is 0.259 bits per heavy atom. The number of aliphatic hydroxyl groups excluding tert-OH is 1. The smallest absolute Gasteiger partial charge is 0.462 e. The highest BCUT2D eigenvalue weighted by Gasteiger charge is 2.30. The summed E-state index contributed by atoms with van der Waals surface area (Å²) in [5, 5.41) is 10.7. The maximum atomic E-state index is 13.1. The predicted octanol–water partition coefficient (Wildman–Crippen LogP) is 24.3. The van der Waals surface area contributed by atoms with Crippen molar-refractivity contribution in [2.75, 3.05) is 39.6 Å². The van der Waals surface area contributed by atoms with E-state index in [0.717, 1.165) is 218 Å². The van der Waals surface area contributed by atoms with Gasteiger partial charge in [0.15, 0.2) is 12.2 Å². The Kier molecular flexibility index (Phi) is 75.0. The summed E-state index contributed by atoms with van der Waals surface area (Å²) in [6, 6.07) is 0. The number of hydrogen-bond acceptors (Lipinski definition) is 15. The Morgan fingerprint density at radius 3 is 0.694 bits per heavy atom. The summed E-state index contributed by atoms with van der Waals surface area (Å²) >= 11 is 0. The van der Waals surface area contributed by atoms with E-state index in [-0.39, 0.29) is 25.7 Å². The van der Waals surface area contributed by atoms with Gasteiger partial charge in [0.1, 0.15) is 19.3 Å². The first-order valence-corrected chi connectivity index (χ1v) is 44.0. The van der Waals surface area contributed by atoms with Crippen LogP contribution in [0.3, 0.4) is 0 Å². The molecule has 0 aromatic heterocycles. The summed E-state index contributed by atoms with van der Waals surface area (Å²) in [5.41, 5.74) is 0. The van der Waals surface area contributed by atoms with Gasteiger partial charge >= 0.3 is 39.5 Å². The number of esters is 4. The number of allylic oxidation sites excluding steroid dienone is 30. The maximum Gasteiger partial charge on any atom is 0.472 e. The van der Waals surface area contributed by atoms with E-state index in [1.165, 1.54) is 0 Å². The quantitative estimate of drug-likeness (QED) is 0.0169. The number of phosphoric acid groups is 2. The van der Waals surface area contributed by atoms with Crippen LogP contribution in [-0.2, 0) is 65.4 Å². The van der Waals surface area contributed by atoms with Crippen LogP contribution >= 0.6 is 15.6 Å². The fourth-order valence-corrected chi connectivity index (χ4v) is 11.8. The molecule has 3 N–H and O–H groups in total. The van der Waals surface area contributed by atoms with Gasteiger partial charge in [0.05, 0.1) is 26.4 Å². The van der Waals surface area contributed by atoms with Crippen molar-refractivity contribution in [3.63, 3.8) is 0 Å². The van der Waals surface area contributed by atoms with E-state index in [0.29, 0.717) is 25.7 Å². The lowest BCUT2D eigenvalue weighted by molar-refractivity contribution is -0.161. The van der Waals surface area contributed by atoms with Gasteiger partial charge in [0, 0.05) is 25.7 Å². The van der Waals surface area contributed by atoms with Crippen molar-refractivity contribution in [3.05, 3.63) is 182 Å². The number of unbranched alkanes of at least 4 members (excludes halogenated alkanes) is 19. The first-order valence-electron chi connectivity index (χ1n) is 41.0. The lowest BCUT2D eigenvalue weighted by Gasteiger charge is -2.21. The average Bonchev–Trinajstić information content (AvgIpc) is 0.880. The Hall–Kier alpha value is -5.84. The highest BCUT2D eigenvalue weighted by atomic mass is 31.2. The molecule has 0 heterocycles. The number of rotatable bonds is 75. The topological polar surface area (TPSA) is 237 Å². The van der Waals surface area contributed by atoms with Crippen LogP contribution in [0.15, 0.2) is 182 Å². The molecule has 19 heteroatoms. The minimum Gasteiger partial charge on any atom is -0.462 e. The molecule has 0 saturated carbocycles. The van der Waals surface area contributed by atoms with Crippen LogP contribution in [0, 0.1) is 0 Å². The standard InChI is InChI=1S/C89H144O17P2/c1-5-9-13-17-21-25-29-33-37-41-45-49-53-57-61-65-69-73-86(91)99-79-84(105-88(93)75-71-67-63-59-55-51-47-43-39-35-31-27-23-19-15-11-7-3)81-103-107(95,96)101-77-83(90)78-102-108(97,98)104-82-85(106-89(94)76-72-68-64-60-56-52-48-44-40-36-32-28-24-20-16-12-8-4)80-100-87(92)74-70-66-62-58-54-50-46-42-38-34-30-26-22-18-14-10-6-2/h9-16,21-28,33-40,45-47,49-51,83-85,90H,5-8,17-20,29-32,41-44,48,52-82H2,1-4H3,(H,95,96)(H,97,98)/b13-9-,14-10-,15-11-,16-12-,25-21-,26-22-,27-23-,28-24-,37-33-,38-34-,39-35-,40-36-,49-45-,50-46-,51-47-. The molecular weight excluding hydrogens is 1400 g/mol. The number of ether oxygens (including phenoxy) is 4. The predicted molar refractivity (Wildman–Crippen MR) is 445 cm³/mol. The lowest BCUT2D eigenvalue weighted by atomic mass is 10.1. The molecule has 612 valence electrons. The second-order valence-electron chi connectivity index (χ2n) is 26.5. The molecule has 0 aromatic carbocycles. The van der Waals surface area contributed by atoms with Crippen LogP contribution in [0.4, 0.5) is 0 Å². The van der Waals surface area contributed by atoms with E-state index in [1.807, 2.05) is 0 Å². The first-order chi connectivity index (χ1) is 52.7. The minimum atomic E-state index is -5.00. The van der Waals surface area contributed by atoms with E-state index in [4.69, 9.17) is 37.0 Å². The number of aliphatic hydroxyl groups is 1. The van der Waals surface area contributed by atoms with Crippen LogP contribution in [-0.4, -0.2) is 96.7 Å². The Balaban J connectivity index is 5.48. The summed E-state index contributed by atoms with van der Waals surface area (Å²) in [6.45, 7) is 4.33. The first kappa shape index (κ1) is 102. The molecule has 108 heavy (non-hydrogen) atoms. The van der Waals surface area contributed by atoms with E-state index in [9.17, 15) is 43.2 Å². The van der Waals surface area contributed by atoms with Gasteiger partial charge in [0.2, 0.25) is 0 Å². The number of hydrogen-bond donors (Lipinski definition) is 3. The Morgan fingerprint density at radius 2 is 0.454 bits per heavy atom. The summed E-state index contributed by atoms with van der Waals surface area (Å²) < 4.78 is 68.7. The van der Waals surface area contributed by atoms with E-state index < -0.39 is 97.5 Å². The summed E-state index contributed by atoms with van der Waals surface area (Å²) in [4.78, 5) is 73.2. The van der Waals surface area contributed by atoms with Crippen molar-refractivity contribution >= 4 is 39.5 Å². The molecule has 0 bridgehead atoms. The Bertz CT molecular complexity index is 2760. The molecule has 5 atom stereocenters. The molecule has 0 aliphatic heterocycles. The highest BCUT2D eigenvalue weighted by Crippen LogP contribution is 2.45. The molecule has 0 radical (unpaired) electrons. The van der Waals surface area contributed by atoms with E-state index >= 15 is 0 Å². The SMILES string of the molecule is CC/C=C\C/C=C\C/C=C\C/C=C\CCCCCCC(=O)OCC(COP(=O)(O)OCC(O)COP(=O)(O)OCC(COC(=O)CCCCCC/C=C\C/C=C\C/C=C\C/C=C\CC)OC(=O)CCCCCCCCC/C=C\C/C=C\C/C=C\CC)OC(=O)CCCCCC/C=C\C/C=C\C/C=C\C/C=C\CC. The van der Waals surface area contributed by atoms with Gasteiger partial charge < -0.3 is 33.8 Å². The minimum absolute atomic E-state index is 0.0539. The second kappa shape index (κ2) is 79.3. The highest BCUT2D eigenvalue weighted by molar-refractivity contribution is 7.47. The van der Waals surface area contributed by atoms with Crippen molar-refractivity contribution < 1.29 is 80.2 Å². The summed E-state index contributed by atoms with van der Waals surface area (Å²) in [5.74, 6) is -2.28. The van der Waals surface area contributed by atoms with Gasteiger partial charge in [0.25, 0.3) is 0 Å². The van der Waals surface area contributed by atoms with Crippen LogP contribution in [0.25, 0.3) is 0 Å². The van der Waals surface area contributed by atoms with Gasteiger partial charge in [-0.05, 0) is 173 Å². The fourth-order valence-electron chi connectivity index (χ4n) is 10.3. The monoisotopic (exact) mass is 1550 g/mol. The molecule has 0 fully saturated rings. The Labute approximate surface area is 654 Å². The maximum absolute atomic E-state index is 13.1. The van der Waals surface area contributed by atoms with E-state index in [2.05, 4.69) is 210 Å². The van der Waals surface area contributed by atoms with Crippen molar-refractivity contribution in [2.24, 2.45) is 0 Å². The average molecular weight is 1550 g/mol. The van der Waals surface area contributed by atoms with Gasteiger partial charge in [-0.25, -0.2) is 9.13 Å². The number of carbonyl (C=O) groups is 4. The molecule has 0 aromatic rings. The third-order valence-corrected chi connectivity index (χ3v) is 18.3. The van der Waals surface area contributed by atoms with E-state index in [1.54, 1.807) is 0 Å². The van der Waals surface area contributed by atoms with Crippen molar-refractivity contribution in [2.45, 2.75) is 316 Å². The molecular formula is C89H144O17P2. The fraction of sp³-hybridized carbons (Fsp3) is 0.618. The number of carbonyl (C=O) groups excluding carboxylic acids is 4. The molecule has 5 unspecified atom stereocenters. The third-order valence-electron chi connectivity index (χ3n) is 16.4. The van der Waals surface area contributed by atoms with Crippen LogP contribution in [0.5, 0.6) is 0 Å². The third kappa shape index (κ3) is 78.3. The van der Waals surface area contributed by atoms with Gasteiger partial charge in [-0.2, -0.15) is 0 Å². The van der Waals surface area contributed by atoms with Gasteiger partial charge in [-0.15, -0.1) is 0 Å². The van der Waals surface area contributed by atoms with Crippen molar-refractivity contribution in [3.8, 4) is 0 Å². The largest absolute Gasteiger partial charge is 0.472 e. The zero-order valence-corrected chi connectivity index (χ0v) is 68.7. The molecule has 17 nitrogen and oxygen atoms in total. The van der Waals surface area contributed by atoms with Crippen LogP contribution in [0.2, 0.25) is 0 Å². The molecule has 0 spiro atoms. The molecule has 0 amide bonds. The van der Waals surface area contributed by atoms with Crippen LogP contribution < -0.4 is 0 Å². The normalized spacial score (nSPS) is 14.8. The zero-order valence-electron chi connectivity index (χ0n) is 66.9. The molecule has 0 aliphatic rings. The van der Waals surface area contributed by atoms with Crippen molar-refractivity contribution in [1.82, 2.24) is 0 Å². The summed E-state index contributed by atoms with van der Waals surface area (Å²) in [6.07, 6.45) is 95.7. The molecule has 0 aliphatic carbocycles. The van der Waals surface area contributed by atoms with Gasteiger partial charge in [-0.3, -0.25) is 37.3 Å². The lowest BCUT2D eigenvalue weighted by Crippen LogP contribution is -2.30. The number of phosphoric ester groups is 2. The van der Waals surface area contributed by atoms with Crippen molar-refractivity contribution in [1.29, 1.82) is 0 Å². The van der Waals surface area contributed by atoms with Crippen LogP contribution in [0.1, 0.15) is 297 Å².